The highest BCUT2D eigenvalue weighted by Crippen LogP contribution is 2.46. The average Bonchev–Trinajstić information content (AvgIpc) is 3.50. The minimum absolute atomic E-state index is 0.261. The highest BCUT2D eigenvalue weighted by atomic mass is 15.2. The number of rotatable bonds is 6. The quantitative estimate of drug-likeness (QED) is 0.215. The maximum Gasteiger partial charge on any atom is 0.121 e. The number of para-hydroxylation sites is 2. The molecule has 6 aromatic rings. The van der Waals surface area contributed by atoms with Crippen molar-refractivity contribution in [2.45, 2.75) is 25.7 Å². The van der Waals surface area contributed by atoms with Gasteiger partial charge in [-0.1, -0.05) is 98.8 Å². The summed E-state index contributed by atoms with van der Waals surface area (Å²) in [4.78, 5) is 7.16. The van der Waals surface area contributed by atoms with Crippen LogP contribution in [0.4, 0.5) is 11.4 Å². The van der Waals surface area contributed by atoms with Crippen molar-refractivity contribution in [1.82, 2.24) is 4.57 Å². The van der Waals surface area contributed by atoms with E-state index in [-0.39, 0.29) is 5.92 Å². The molecule has 1 aliphatic rings. The monoisotopic (exact) mass is 517 g/mol. The molecular weight excluding hydrogens is 486 g/mol. The molecule has 2 heterocycles. The molecule has 0 saturated heterocycles. The third kappa shape index (κ3) is 3.85. The fourth-order valence-electron chi connectivity index (χ4n) is 6.32. The van der Waals surface area contributed by atoms with Crippen LogP contribution in [0.2, 0.25) is 0 Å². The first kappa shape index (κ1) is 24.2. The summed E-state index contributed by atoms with van der Waals surface area (Å²) in [6, 6.07) is 43.7. The Morgan fingerprint density at radius 2 is 1.45 bits per heavy atom. The van der Waals surface area contributed by atoms with Gasteiger partial charge in [0.05, 0.1) is 16.7 Å². The molecule has 0 bridgehead atoms. The Hall–Kier alpha value is -4.89. The molecule has 0 spiro atoms. The van der Waals surface area contributed by atoms with Crippen molar-refractivity contribution in [2.75, 3.05) is 4.90 Å². The molecule has 40 heavy (non-hydrogen) atoms. The highest BCUT2D eigenvalue weighted by molar-refractivity contribution is 6.16. The second-order valence-electron chi connectivity index (χ2n) is 10.4. The number of benzene rings is 5. The topological polar surface area (TPSA) is 20.5 Å². The Morgan fingerprint density at radius 1 is 0.700 bits per heavy atom. The molecule has 1 aliphatic heterocycles. The van der Waals surface area contributed by atoms with E-state index in [0.29, 0.717) is 0 Å². The van der Waals surface area contributed by atoms with Crippen LogP contribution in [0.1, 0.15) is 31.2 Å². The van der Waals surface area contributed by atoms with E-state index in [1.165, 1.54) is 44.2 Å². The van der Waals surface area contributed by atoms with Crippen molar-refractivity contribution in [3.63, 3.8) is 0 Å². The third-order valence-electron chi connectivity index (χ3n) is 8.02. The first-order valence-corrected chi connectivity index (χ1v) is 14.0. The summed E-state index contributed by atoms with van der Waals surface area (Å²) in [7, 11) is 0. The van der Waals surface area contributed by atoms with Gasteiger partial charge in [0.25, 0.3) is 0 Å². The summed E-state index contributed by atoms with van der Waals surface area (Å²) >= 11 is 0. The van der Waals surface area contributed by atoms with Crippen LogP contribution in [0.15, 0.2) is 139 Å². The lowest BCUT2D eigenvalue weighted by Crippen LogP contribution is -2.24. The molecule has 194 valence electrons. The van der Waals surface area contributed by atoms with Gasteiger partial charge in [-0.05, 0) is 65.6 Å². The van der Waals surface area contributed by atoms with E-state index in [9.17, 15) is 0 Å². The highest BCUT2D eigenvalue weighted by Gasteiger charge is 2.35. The molecule has 0 amide bonds. The van der Waals surface area contributed by atoms with Gasteiger partial charge in [0.15, 0.2) is 0 Å². The SMILES string of the molecule is C=CN=C1C(CCC)c2ccccc2N1c1ccc2c(c1)c1ccccc1n2-c1cccc(-c2ccccc2)c1. The van der Waals surface area contributed by atoms with E-state index in [1.54, 1.807) is 6.20 Å². The van der Waals surface area contributed by atoms with E-state index < -0.39 is 0 Å². The summed E-state index contributed by atoms with van der Waals surface area (Å²) in [6.07, 6.45) is 3.83. The summed E-state index contributed by atoms with van der Waals surface area (Å²) in [5.74, 6) is 1.31. The van der Waals surface area contributed by atoms with Crippen LogP contribution < -0.4 is 4.90 Å². The van der Waals surface area contributed by atoms with Gasteiger partial charge in [-0.3, -0.25) is 4.90 Å². The van der Waals surface area contributed by atoms with Gasteiger partial charge < -0.3 is 4.57 Å². The van der Waals surface area contributed by atoms with Gasteiger partial charge in [0.1, 0.15) is 5.84 Å². The molecule has 3 heteroatoms. The number of fused-ring (bicyclic) bond motifs is 4. The van der Waals surface area contributed by atoms with Crippen LogP contribution in [-0.2, 0) is 0 Å². The molecule has 0 fully saturated rings. The third-order valence-corrected chi connectivity index (χ3v) is 8.02. The van der Waals surface area contributed by atoms with Crippen LogP contribution in [-0.4, -0.2) is 10.4 Å². The van der Waals surface area contributed by atoms with Crippen LogP contribution >= 0.6 is 0 Å². The van der Waals surface area contributed by atoms with E-state index in [1.807, 2.05) is 0 Å². The number of anilines is 2. The van der Waals surface area contributed by atoms with Crippen LogP contribution in [0, 0.1) is 0 Å². The van der Waals surface area contributed by atoms with Crippen LogP contribution in [0.5, 0.6) is 0 Å². The second-order valence-corrected chi connectivity index (χ2v) is 10.4. The Labute approximate surface area is 235 Å². The largest absolute Gasteiger partial charge is 0.309 e. The van der Waals surface area contributed by atoms with Crippen molar-refractivity contribution in [1.29, 1.82) is 0 Å². The molecule has 3 nitrogen and oxygen atoms in total. The summed E-state index contributed by atoms with van der Waals surface area (Å²) < 4.78 is 2.39. The van der Waals surface area contributed by atoms with Crippen molar-refractivity contribution in [2.24, 2.45) is 4.99 Å². The zero-order valence-corrected chi connectivity index (χ0v) is 22.7. The Kier molecular flexibility index (Phi) is 6.05. The average molecular weight is 518 g/mol. The molecule has 0 saturated carbocycles. The number of hydrogen-bond donors (Lipinski definition) is 0. The maximum atomic E-state index is 4.83. The van der Waals surface area contributed by atoms with Crippen molar-refractivity contribution in [3.8, 4) is 16.8 Å². The van der Waals surface area contributed by atoms with Gasteiger partial charge >= 0.3 is 0 Å². The van der Waals surface area contributed by atoms with E-state index in [2.05, 4.69) is 144 Å². The van der Waals surface area contributed by atoms with Gasteiger partial charge in [0, 0.05) is 34.3 Å². The summed E-state index contributed by atoms with van der Waals surface area (Å²) in [5.41, 5.74) is 9.65. The maximum absolute atomic E-state index is 4.83. The van der Waals surface area contributed by atoms with Gasteiger partial charge in [-0.25, -0.2) is 4.99 Å². The predicted molar refractivity (Wildman–Crippen MR) is 170 cm³/mol. The molecule has 1 atom stereocenters. The first-order valence-electron chi connectivity index (χ1n) is 14.0. The van der Waals surface area contributed by atoms with Crippen LogP contribution in [0.3, 0.4) is 0 Å². The minimum Gasteiger partial charge on any atom is -0.309 e. The Balaban J connectivity index is 1.43. The minimum atomic E-state index is 0.261. The van der Waals surface area contributed by atoms with Crippen molar-refractivity contribution in [3.05, 3.63) is 140 Å². The number of aliphatic imine (C=N–C) groups is 1. The first-order chi connectivity index (χ1) is 19.8. The fourth-order valence-corrected chi connectivity index (χ4v) is 6.32. The van der Waals surface area contributed by atoms with Crippen LogP contribution in [0.25, 0.3) is 38.6 Å². The van der Waals surface area contributed by atoms with Crippen molar-refractivity contribution < 1.29 is 0 Å². The zero-order chi connectivity index (χ0) is 27.1. The second kappa shape index (κ2) is 10.0. The fraction of sp³-hybridized carbons (Fsp3) is 0.108. The lowest BCUT2D eigenvalue weighted by Gasteiger charge is -2.22. The van der Waals surface area contributed by atoms with Gasteiger partial charge in [-0.2, -0.15) is 0 Å². The normalized spacial score (nSPS) is 15.7. The van der Waals surface area contributed by atoms with E-state index in [0.717, 1.165) is 30.1 Å². The number of nitrogens with zero attached hydrogens (tertiary/aromatic N) is 3. The molecule has 1 aromatic heterocycles. The van der Waals surface area contributed by atoms with Gasteiger partial charge in [-0.15, -0.1) is 0 Å². The molecule has 0 radical (unpaired) electrons. The molecule has 0 N–H and O–H groups in total. The Morgan fingerprint density at radius 3 is 2.30 bits per heavy atom. The molecule has 5 aromatic carbocycles. The summed E-state index contributed by atoms with van der Waals surface area (Å²) in [6.45, 7) is 6.19. The molecule has 1 unspecified atom stereocenters. The molecular formula is C37H31N3. The number of hydrogen-bond acceptors (Lipinski definition) is 1. The standard InChI is InChI=1S/C37H31N3/c1-3-13-32-30-18-8-11-21-35(30)40(37(32)38-4-2)29-22-23-36-33(25-29)31-19-9-10-20-34(31)39(36)28-17-12-16-27(24-28)26-14-6-5-7-15-26/h4-12,14-25,32H,2-3,13H2,1H3. The lowest BCUT2D eigenvalue weighted by molar-refractivity contribution is 0.753. The zero-order valence-electron chi connectivity index (χ0n) is 22.7. The number of aromatic nitrogens is 1. The van der Waals surface area contributed by atoms with Crippen molar-refractivity contribution >= 4 is 39.0 Å². The molecule has 0 aliphatic carbocycles. The van der Waals surface area contributed by atoms with Gasteiger partial charge in [0.2, 0.25) is 0 Å². The Bertz CT molecular complexity index is 1890. The molecule has 7 rings (SSSR count). The number of amidine groups is 1. The lowest BCUT2D eigenvalue weighted by atomic mass is 9.96. The summed E-state index contributed by atoms with van der Waals surface area (Å²) in [5, 5.41) is 2.47. The van der Waals surface area contributed by atoms with E-state index in [4.69, 9.17) is 4.99 Å². The van der Waals surface area contributed by atoms with E-state index >= 15 is 0 Å². The predicted octanol–water partition coefficient (Wildman–Crippen LogP) is 10.0. The smallest absolute Gasteiger partial charge is 0.121 e.